The highest BCUT2D eigenvalue weighted by molar-refractivity contribution is 7.99. The topological polar surface area (TPSA) is 78.5 Å². The normalized spacial score (nSPS) is 16.0. The van der Waals surface area contributed by atoms with Crippen molar-refractivity contribution >= 4 is 35.3 Å². The summed E-state index contributed by atoms with van der Waals surface area (Å²) in [5, 5.41) is 5.24. The van der Waals surface area contributed by atoms with Crippen molar-refractivity contribution < 1.29 is 23.2 Å². The minimum absolute atomic E-state index is 0.212. The van der Waals surface area contributed by atoms with E-state index >= 15 is 0 Å². The van der Waals surface area contributed by atoms with Gasteiger partial charge in [0.05, 0.1) is 5.69 Å². The first-order chi connectivity index (χ1) is 12.8. The molecule has 148 valence electrons. The van der Waals surface area contributed by atoms with E-state index in [0.717, 1.165) is 4.90 Å². The van der Waals surface area contributed by atoms with E-state index < -0.39 is 35.7 Å². The summed E-state index contributed by atoms with van der Waals surface area (Å²) < 4.78 is 25.3. The molecule has 0 saturated carbocycles. The van der Waals surface area contributed by atoms with Gasteiger partial charge in [0, 0.05) is 4.90 Å². The molecule has 1 fully saturated rings. The average molecular weight is 399 g/mol. The van der Waals surface area contributed by atoms with E-state index in [2.05, 4.69) is 10.6 Å². The predicted molar refractivity (Wildman–Crippen MR) is 99.7 cm³/mol. The van der Waals surface area contributed by atoms with Gasteiger partial charge >= 0.3 is 6.03 Å². The Morgan fingerprint density at radius 3 is 2.44 bits per heavy atom. The van der Waals surface area contributed by atoms with Gasteiger partial charge < -0.3 is 10.6 Å². The predicted octanol–water partition coefficient (Wildman–Crippen LogP) is 3.83. The van der Waals surface area contributed by atoms with E-state index in [9.17, 15) is 23.2 Å². The zero-order valence-electron chi connectivity index (χ0n) is 15.3. The lowest BCUT2D eigenvalue weighted by atomic mass is 9.88. The van der Waals surface area contributed by atoms with Gasteiger partial charge in [-0.3, -0.25) is 14.5 Å². The number of hydrogen-bond acceptors (Lipinski definition) is 4. The number of carbonyl (C=O) groups excluding carboxylic acids is 3. The zero-order chi connectivity index (χ0) is 20.0. The second-order valence-corrected chi connectivity index (χ2v) is 7.36. The van der Waals surface area contributed by atoms with Crippen LogP contribution in [0.25, 0.3) is 0 Å². The van der Waals surface area contributed by atoms with Gasteiger partial charge in [-0.1, -0.05) is 50.6 Å². The van der Waals surface area contributed by atoms with Crippen LogP contribution in [0.15, 0.2) is 29.2 Å². The SMILES string of the molecule is CCCC1(CCC)NC(=O)N(CC(=O)Nc2ccccc2SC(F)F)C1=O. The maximum Gasteiger partial charge on any atom is 0.325 e. The number of nitrogens with zero attached hydrogens (tertiary/aromatic N) is 1. The van der Waals surface area contributed by atoms with E-state index in [1.807, 2.05) is 13.8 Å². The Kier molecular flexibility index (Phi) is 7.18. The molecule has 1 aromatic rings. The largest absolute Gasteiger partial charge is 0.325 e. The number of amides is 4. The van der Waals surface area contributed by atoms with Crippen molar-refractivity contribution in [2.75, 3.05) is 11.9 Å². The van der Waals surface area contributed by atoms with Crippen LogP contribution >= 0.6 is 11.8 Å². The minimum atomic E-state index is -2.63. The number of nitrogens with one attached hydrogen (secondary N) is 2. The van der Waals surface area contributed by atoms with Gasteiger partial charge in [-0.05, 0) is 25.0 Å². The summed E-state index contributed by atoms with van der Waals surface area (Å²) in [5.41, 5.74) is -0.752. The smallest absolute Gasteiger partial charge is 0.324 e. The number of halogens is 2. The number of thioether (sulfide) groups is 1. The van der Waals surface area contributed by atoms with Crippen molar-refractivity contribution in [3.05, 3.63) is 24.3 Å². The van der Waals surface area contributed by atoms with Crippen molar-refractivity contribution in [2.45, 2.75) is 55.7 Å². The molecule has 0 aromatic heterocycles. The summed E-state index contributed by atoms with van der Waals surface area (Å²) in [4.78, 5) is 38.5. The van der Waals surface area contributed by atoms with Crippen LogP contribution in [0.5, 0.6) is 0 Å². The molecule has 1 aliphatic heterocycles. The number of imide groups is 1. The molecule has 1 heterocycles. The molecular formula is C18H23F2N3O3S. The molecule has 27 heavy (non-hydrogen) atoms. The van der Waals surface area contributed by atoms with Crippen molar-refractivity contribution in [1.82, 2.24) is 10.2 Å². The van der Waals surface area contributed by atoms with Crippen LogP contribution in [0.4, 0.5) is 19.3 Å². The van der Waals surface area contributed by atoms with E-state index in [0.29, 0.717) is 37.4 Å². The standard InChI is InChI=1S/C18H23F2N3O3S/c1-3-9-18(10-4-2)15(25)23(17(26)22-18)11-14(24)21-12-7-5-6-8-13(12)27-16(19)20/h5-8,16H,3-4,9-11H2,1-2H3,(H,21,24)(H,22,26). The van der Waals surface area contributed by atoms with Crippen molar-refractivity contribution in [2.24, 2.45) is 0 Å². The highest BCUT2D eigenvalue weighted by Crippen LogP contribution is 2.32. The summed E-state index contributed by atoms with van der Waals surface area (Å²) in [7, 11) is 0. The van der Waals surface area contributed by atoms with Gasteiger partial charge in [-0.2, -0.15) is 8.78 Å². The fourth-order valence-electron chi connectivity index (χ4n) is 3.24. The lowest BCUT2D eigenvalue weighted by Gasteiger charge is -2.25. The lowest BCUT2D eigenvalue weighted by Crippen LogP contribution is -2.47. The minimum Gasteiger partial charge on any atom is -0.324 e. The monoisotopic (exact) mass is 399 g/mol. The number of alkyl halides is 2. The molecule has 0 bridgehead atoms. The van der Waals surface area contributed by atoms with Crippen molar-refractivity contribution in [1.29, 1.82) is 0 Å². The van der Waals surface area contributed by atoms with E-state index in [-0.39, 0.29) is 10.6 Å². The van der Waals surface area contributed by atoms with Crippen LogP contribution in [0.3, 0.4) is 0 Å². The molecule has 1 saturated heterocycles. The molecule has 4 amide bonds. The van der Waals surface area contributed by atoms with Crippen LogP contribution < -0.4 is 10.6 Å². The van der Waals surface area contributed by atoms with Crippen LogP contribution in [-0.4, -0.2) is 40.6 Å². The van der Waals surface area contributed by atoms with E-state index in [1.165, 1.54) is 12.1 Å². The second kappa shape index (κ2) is 9.16. The van der Waals surface area contributed by atoms with E-state index in [1.54, 1.807) is 12.1 Å². The highest BCUT2D eigenvalue weighted by atomic mass is 32.2. The van der Waals surface area contributed by atoms with Gasteiger partial charge in [0.1, 0.15) is 12.1 Å². The second-order valence-electron chi connectivity index (χ2n) is 6.33. The van der Waals surface area contributed by atoms with Crippen molar-refractivity contribution in [3.8, 4) is 0 Å². The maximum atomic E-state index is 12.8. The summed E-state index contributed by atoms with van der Waals surface area (Å²) in [6.45, 7) is 3.38. The Morgan fingerprint density at radius 2 is 1.85 bits per heavy atom. The molecule has 2 N–H and O–H groups in total. The molecule has 1 aromatic carbocycles. The Labute approximate surface area is 161 Å². The molecular weight excluding hydrogens is 376 g/mol. The fourth-order valence-corrected chi connectivity index (χ4v) is 3.83. The number of carbonyl (C=O) groups is 3. The molecule has 0 spiro atoms. The number of rotatable bonds is 9. The van der Waals surface area contributed by atoms with Gasteiger partial charge in [0.25, 0.3) is 11.7 Å². The summed E-state index contributed by atoms with van der Waals surface area (Å²) in [5.74, 6) is -3.66. The Hall–Kier alpha value is -2.16. The highest BCUT2D eigenvalue weighted by Gasteiger charge is 2.50. The Morgan fingerprint density at radius 1 is 1.22 bits per heavy atom. The molecule has 2 rings (SSSR count). The Bertz CT molecular complexity index is 709. The van der Waals surface area contributed by atoms with Crippen LogP contribution in [0.1, 0.15) is 39.5 Å². The summed E-state index contributed by atoms with van der Waals surface area (Å²) in [6, 6.07) is 5.54. The number of para-hydroxylation sites is 1. The number of urea groups is 1. The van der Waals surface area contributed by atoms with E-state index in [4.69, 9.17) is 0 Å². The lowest BCUT2D eigenvalue weighted by molar-refractivity contribution is -0.134. The first kappa shape index (κ1) is 21.1. The molecule has 0 aliphatic carbocycles. The van der Waals surface area contributed by atoms with Gasteiger partial charge in [-0.25, -0.2) is 4.79 Å². The third kappa shape index (κ3) is 4.97. The fraction of sp³-hybridized carbons (Fsp3) is 0.500. The quantitative estimate of drug-likeness (QED) is 0.489. The maximum absolute atomic E-state index is 12.8. The summed E-state index contributed by atoms with van der Waals surface area (Å²) >= 11 is 0.316. The molecule has 9 heteroatoms. The molecule has 0 unspecified atom stereocenters. The van der Waals surface area contributed by atoms with Crippen molar-refractivity contribution in [3.63, 3.8) is 0 Å². The molecule has 0 atom stereocenters. The third-order valence-corrected chi connectivity index (χ3v) is 5.07. The third-order valence-electron chi connectivity index (χ3n) is 4.28. The van der Waals surface area contributed by atoms with Crippen LogP contribution in [0, 0.1) is 0 Å². The molecule has 6 nitrogen and oxygen atoms in total. The number of benzene rings is 1. The first-order valence-electron chi connectivity index (χ1n) is 8.80. The number of hydrogen-bond donors (Lipinski definition) is 2. The Balaban J connectivity index is 2.10. The first-order valence-corrected chi connectivity index (χ1v) is 9.68. The summed E-state index contributed by atoms with van der Waals surface area (Å²) in [6.07, 6.45) is 2.42. The zero-order valence-corrected chi connectivity index (χ0v) is 16.1. The van der Waals surface area contributed by atoms with Gasteiger partial charge in [0.15, 0.2) is 0 Å². The average Bonchev–Trinajstić information content (AvgIpc) is 2.81. The van der Waals surface area contributed by atoms with Gasteiger partial charge in [-0.15, -0.1) is 0 Å². The molecule has 1 aliphatic rings. The molecule has 0 radical (unpaired) electrons. The van der Waals surface area contributed by atoms with Crippen LogP contribution in [-0.2, 0) is 9.59 Å². The number of anilines is 1. The van der Waals surface area contributed by atoms with Crippen LogP contribution in [0.2, 0.25) is 0 Å². The van der Waals surface area contributed by atoms with Gasteiger partial charge in [0.2, 0.25) is 5.91 Å².